The first-order chi connectivity index (χ1) is 16.9. The van der Waals surface area contributed by atoms with Crippen LogP contribution in [0.2, 0.25) is 0 Å². The van der Waals surface area contributed by atoms with E-state index in [0.717, 1.165) is 39.8 Å². The first-order valence-electron chi connectivity index (χ1n) is 11.3. The van der Waals surface area contributed by atoms with Gasteiger partial charge in [0, 0.05) is 42.8 Å². The van der Waals surface area contributed by atoms with Crippen molar-refractivity contribution in [3.8, 4) is 11.1 Å². The second-order valence-electron chi connectivity index (χ2n) is 8.44. The summed E-state index contributed by atoms with van der Waals surface area (Å²) in [5.74, 6) is -1.28. The van der Waals surface area contributed by atoms with Crippen LogP contribution in [0.15, 0.2) is 103 Å². The van der Waals surface area contributed by atoms with Crippen LogP contribution < -0.4 is 9.80 Å². The summed E-state index contributed by atoms with van der Waals surface area (Å²) < 4.78 is 15.3. The number of carboxylic acids is 1. The minimum atomic E-state index is -1.01. The Balaban J connectivity index is 1.65. The number of hydrogen-bond donors (Lipinski definition) is 1. The highest BCUT2D eigenvalue weighted by atomic mass is 19.1. The Labute approximate surface area is 205 Å². The van der Waals surface area contributed by atoms with Gasteiger partial charge in [0.2, 0.25) is 0 Å². The summed E-state index contributed by atoms with van der Waals surface area (Å²) >= 11 is 0. The number of para-hydroxylation sites is 1. The Morgan fingerprint density at radius 1 is 0.800 bits per heavy atom. The number of rotatable bonds is 8. The van der Waals surface area contributed by atoms with Gasteiger partial charge in [0.25, 0.3) is 0 Å². The number of anilines is 3. The molecule has 0 aliphatic rings. The van der Waals surface area contributed by atoms with Crippen molar-refractivity contribution >= 4 is 29.1 Å². The fourth-order valence-electron chi connectivity index (χ4n) is 3.88. The number of carbonyl (C=O) groups is 1. The second kappa shape index (κ2) is 10.7. The standard InChI is InChI=1S/C30H27FN2O2/c1-32(2)26-16-14-23(15-17-26)24-12-13-25(29(31)20-24)21-33(27-8-4-3-5-9-27)28-10-6-7-22(19-28)11-18-30(34)35/h3-20H,21H2,1-2H3,(H,34,35)/b18-11+. The molecule has 0 fully saturated rings. The van der Waals surface area contributed by atoms with Gasteiger partial charge in [-0.15, -0.1) is 0 Å². The maximum Gasteiger partial charge on any atom is 0.328 e. The van der Waals surface area contributed by atoms with Crippen LogP contribution >= 0.6 is 0 Å². The van der Waals surface area contributed by atoms with Gasteiger partial charge in [0.05, 0.1) is 6.54 Å². The highest BCUT2D eigenvalue weighted by Gasteiger charge is 2.14. The van der Waals surface area contributed by atoms with Crippen molar-refractivity contribution in [1.29, 1.82) is 0 Å². The molecule has 0 heterocycles. The molecule has 0 bridgehead atoms. The van der Waals surface area contributed by atoms with Crippen molar-refractivity contribution in [3.05, 3.63) is 120 Å². The molecule has 5 heteroatoms. The van der Waals surface area contributed by atoms with E-state index in [2.05, 4.69) is 0 Å². The predicted molar refractivity (Wildman–Crippen MR) is 142 cm³/mol. The quantitative estimate of drug-likeness (QED) is 0.284. The molecule has 0 aliphatic heterocycles. The van der Waals surface area contributed by atoms with Crippen LogP contribution in [0.25, 0.3) is 17.2 Å². The molecule has 4 aromatic carbocycles. The van der Waals surface area contributed by atoms with Gasteiger partial charge in [0.15, 0.2) is 0 Å². The van der Waals surface area contributed by atoms with E-state index in [4.69, 9.17) is 5.11 Å². The molecule has 4 aromatic rings. The number of hydrogen-bond acceptors (Lipinski definition) is 3. The van der Waals surface area contributed by atoms with E-state index >= 15 is 4.39 Å². The number of nitrogens with zero attached hydrogens (tertiary/aromatic N) is 2. The molecule has 0 aromatic heterocycles. The van der Waals surface area contributed by atoms with E-state index in [1.165, 1.54) is 0 Å². The maximum atomic E-state index is 15.3. The number of carboxylic acid groups (broad SMARTS) is 1. The molecular formula is C30H27FN2O2. The second-order valence-corrected chi connectivity index (χ2v) is 8.44. The molecule has 35 heavy (non-hydrogen) atoms. The normalized spacial score (nSPS) is 10.9. The summed E-state index contributed by atoms with van der Waals surface area (Å²) in [4.78, 5) is 15.0. The summed E-state index contributed by atoms with van der Waals surface area (Å²) in [6, 6.07) is 30.7. The van der Waals surface area contributed by atoms with E-state index in [1.807, 2.05) is 115 Å². The monoisotopic (exact) mass is 466 g/mol. The Hall–Kier alpha value is -4.38. The summed E-state index contributed by atoms with van der Waals surface area (Å²) in [6.07, 6.45) is 2.65. The average molecular weight is 467 g/mol. The molecule has 0 saturated heterocycles. The summed E-state index contributed by atoms with van der Waals surface area (Å²) in [5, 5.41) is 8.96. The smallest absolute Gasteiger partial charge is 0.328 e. The van der Waals surface area contributed by atoms with Gasteiger partial charge in [-0.05, 0) is 65.2 Å². The van der Waals surface area contributed by atoms with Crippen LogP contribution in [0.5, 0.6) is 0 Å². The number of halogens is 1. The Morgan fingerprint density at radius 3 is 2.14 bits per heavy atom. The van der Waals surface area contributed by atoms with Gasteiger partial charge in [-0.25, -0.2) is 9.18 Å². The van der Waals surface area contributed by atoms with Crippen LogP contribution in [0.3, 0.4) is 0 Å². The zero-order valence-corrected chi connectivity index (χ0v) is 19.7. The topological polar surface area (TPSA) is 43.8 Å². The lowest BCUT2D eigenvalue weighted by Crippen LogP contribution is -2.17. The van der Waals surface area contributed by atoms with Gasteiger partial charge < -0.3 is 14.9 Å². The van der Waals surface area contributed by atoms with E-state index in [0.29, 0.717) is 12.1 Å². The van der Waals surface area contributed by atoms with Crippen molar-refractivity contribution in [1.82, 2.24) is 0 Å². The van der Waals surface area contributed by atoms with Crippen LogP contribution in [0.1, 0.15) is 11.1 Å². The first-order valence-corrected chi connectivity index (χ1v) is 11.3. The number of aliphatic carboxylic acids is 1. The van der Waals surface area contributed by atoms with E-state index in [-0.39, 0.29) is 5.82 Å². The maximum absolute atomic E-state index is 15.3. The predicted octanol–water partition coefficient (Wildman–Crippen LogP) is 6.99. The fourth-order valence-corrected chi connectivity index (χ4v) is 3.88. The minimum absolute atomic E-state index is 0.276. The molecule has 4 rings (SSSR count). The summed E-state index contributed by atoms with van der Waals surface area (Å²) in [5.41, 5.74) is 5.94. The molecule has 0 unspecified atom stereocenters. The zero-order chi connectivity index (χ0) is 24.8. The largest absolute Gasteiger partial charge is 0.478 e. The van der Waals surface area contributed by atoms with Crippen LogP contribution in [0.4, 0.5) is 21.5 Å². The molecule has 176 valence electrons. The van der Waals surface area contributed by atoms with Crippen LogP contribution in [-0.4, -0.2) is 25.2 Å². The molecular weight excluding hydrogens is 439 g/mol. The highest BCUT2D eigenvalue weighted by molar-refractivity contribution is 5.85. The lowest BCUT2D eigenvalue weighted by Gasteiger charge is -2.26. The Morgan fingerprint density at radius 2 is 1.49 bits per heavy atom. The lowest BCUT2D eigenvalue weighted by atomic mass is 10.0. The number of benzene rings is 4. The fraction of sp³-hybridized carbons (Fsp3) is 0.100. The van der Waals surface area contributed by atoms with Crippen molar-refractivity contribution in [3.63, 3.8) is 0 Å². The van der Waals surface area contributed by atoms with Crippen molar-refractivity contribution < 1.29 is 14.3 Å². The molecule has 1 N–H and O–H groups in total. The van der Waals surface area contributed by atoms with Crippen LogP contribution in [-0.2, 0) is 11.3 Å². The first kappa shape index (κ1) is 23.8. The zero-order valence-electron chi connectivity index (χ0n) is 19.7. The molecule has 4 nitrogen and oxygen atoms in total. The summed E-state index contributed by atoms with van der Waals surface area (Å²) in [6.45, 7) is 0.321. The van der Waals surface area contributed by atoms with Crippen LogP contribution in [0, 0.1) is 5.82 Å². The highest BCUT2D eigenvalue weighted by Crippen LogP contribution is 2.31. The third kappa shape index (κ3) is 5.95. The van der Waals surface area contributed by atoms with E-state index in [9.17, 15) is 4.79 Å². The third-order valence-electron chi connectivity index (χ3n) is 5.77. The van der Waals surface area contributed by atoms with E-state index in [1.54, 1.807) is 12.1 Å². The molecule has 0 radical (unpaired) electrons. The van der Waals surface area contributed by atoms with Gasteiger partial charge >= 0.3 is 5.97 Å². The molecule has 0 aliphatic carbocycles. The minimum Gasteiger partial charge on any atom is -0.478 e. The molecule has 0 amide bonds. The molecule has 0 atom stereocenters. The van der Waals surface area contributed by atoms with Crippen molar-refractivity contribution in [2.45, 2.75) is 6.54 Å². The lowest BCUT2D eigenvalue weighted by molar-refractivity contribution is -0.131. The SMILES string of the molecule is CN(C)c1ccc(-c2ccc(CN(c3ccccc3)c3cccc(/C=C/C(=O)O)c3)c(F)c2)cc1. The molecule has 0 saturated carbocycles. The van der Waals surface area contributed by atoms with Gasteiger partial charge in [-0.3, -0.25) is 0 Å². The molecule has 0 spiro atoms. The average Bonchev–Trinajstić information content (AvgIpc) is 2.87. The van der Waals surface area contributed by atoms with Gasteiger partial charge in [-0.1, -0.05) is 54.6 Å². The summed E-state index contributed by atoms with van der Waals surface area (Å²) in [7, 11) is 3.97. The Bertz CT molecular complexity index is 1330. The third-order valence-corrected chi connectivity index (χ3v) is 5.77. The van der Waals surface area contributed by atoms with Gasteiger partial charge in [0.1, 0.15) is 5.82 Å². The van der Waals surface area contributed by atoms with E-state index < -0.39 is 5.97 Å². The van der Waals surface area contributed by atoms with Gasteiger partial charge in [-0.2, -0.15) is 0 Å². The van der Waals surface area contributed by atoms with Crippen molar-refractivity contribution in [2.75, 3.05) is 23.9 Å². The van der Waals surface area contributed by atoms with Crippen molar-refractivity contribution in [2.24, 2.45) is 0 Å². The Kier molecular flexibility index (Phi) is 7.27.